The molecule has 1 saturated heterocycles. The fraction of sp³-hybridized carbons (Fsp3) is 0.462. The first-order valence-corrected chi connectivity index (χ1v) is 5.53. The number of ether oxygens (including phenoxy) is 1. The average Bonchev–Trinajstić information content (AvgIpc) is 2.77. The van der Waals surface area contributed by atoms with Crippen LogP contribution in [0.15, 0.2) is 18.2 Å². The molecule has 2 rings (SSSR count). The molecule has 1 atom stereocenters. The number of hydrogen-bond donors (Lipinski definition) is 0. The summed E-state index contributed by atoms with van der Waals surface area (Å²) in [6.45, 7) is 3.90. The van der Waals surface area contributed by atoms with Crippen LogP contribution in [-0.2, 0) is 4.74 Å². The molecule has 84 valence electrons. The zero-order chi connectivity index (χ0) is 11.5. The molecule has 1 aliphatic rings. The van der Waals surface area contributed by atoms with Gasteiger partial charge < -0.3 is 9.64 Å². The van der Waals surface area contributed by atoms with Crippen molar-refractivity contribution < 1.29 is 4.74 Å². The maximum absolute atomic E-state index is 9.08. The summed E-state index contributed by atoms with van der Waals surface area (Å²) >= 11 is 0. The molecular formula is C13H16N2O. The highest BCUT2D eigenvalue weighted by Gasteiger charge is 2.23. The third-order valence-corrected chi connectivity index (χ3v) is 3.09. The highest BCUT2D eigenvalue weighted by Crippen LogP contribution is 2.26. The van der Waals surface area contributed by atoms with Crippen molar-refractivity contribution in [2.75, 3.05) is 25.1 Å². The van der Waals surface area contributed by atoms with Crippen LogP contribution in [0.25, 0.3) is 0 Å². The van der Waals surface area contributed by atoms with Crippen molar-refractivity contribution in [2.24, 2.45) is 0 Å². The van der Waals surface area contributed by atoms with E-state index in [2.05, 4.69) is 24.0 Å². The fourth-order valence-corrected chi connectivity index (χ4v) is 2.14. The summed E-state index contributed by atoms with van der Waals surface area (Å²) in [5.41, 5.74) is 2.99. The van der Waals surface area contributed by atoms with Crippen LogP contribution in [0, 0.1) is 18.3 Å². The summed E-state index contributed by atoms with van der Waals surface area (Å²) in [5, 5.41) is 9.08. The zero-order valence-corrected chi connectivity index (χ0v) is 9.73. The number of nitriles is 1. The van der Waals surface area contributed by atoms with Crippen molar-refractivity contribution in [2.45, 2.75) is 19.4 Å². The number of benzene rings is 1. The Morgan fingerprint density at radius 2 is 2.31 bits per heavy atom. The van der Waals surface area contributed by atoms with Crippen LogP contribution in [-0.4, -0.2) is 26.3 Å². The third-order valence-electron chi connectivity index (χ3n) is 3.09. The lowest BCUT2D eigenvalue weighted by Crippen LogP contribution is -2.23. The van der Waals surface area contributed by atoms with Gasteiger partial charge in [0.15, 0.2) is 0 Å². The maximum atomic E-state index is 9.08. The smallest absolute Gasteiger partial charge is 0.101 e. The first-order valence-electron chi connectivity index (χ1n) is 5.53. The second-order valence-electron chi connectivity index (χ2n) is 4.22. The van der Waals surface area contributed by atoms with Gasteiger partial charge in [-0.2, -0.15) is 5.26 Å². The van der Waals surface area contributed by atoms with E-state index in [0.29, 0.717) is 6.10 Å². The van der Waals surface area contributed by atoms with Crippen LogP contribution >= 0.6 is 0 Å². The molecule has 0 radical (unpaired) electrons. The van der Waals surface area contributed by atoms with Crippen LogP contribution in [0.5, 0.6) is 0 Å². The van der Waals surface area contributed by atoms with E-state index >= 15 is 0 Å². The summed E-state index contributed by atoms with van der Waals surface area (Å²) in [5.74, 6) is 0. The Labute approximate surface area is 96.2 Å². The molecule has 0 aliphatic carbocycles. The van der Waals surface area contributed by atoms with Gasteiger partial charge in [-0.1, -0.05) is 6.07 Å². The van der Waals surface area contributed by atoms with Gasteiger partial charge in [-0.25, -0.2) is 0 Å². The largest absolute Gasteiger partial charge is 0.380 e. The summed E-state index contributed by atoms with van der Waals surface area (Å²) in [6.07, 6.45) is 1.34. The standard InChI is InChI=1S/C13H16N2O/c1-10-3-4-11(8-14)13(7-10)15-6-5-12(9-15)16-2/h3-4,7,12H,5-6,9H2,1-2H3. The molecule has 0 saturated carbocycles. The molecule has 0 aromatic heterocycles. The van der Waals surface area contributed by atoms with Crippen molar-refractivity contribution in [3.63, 3.8) is 0 Å². The molecule has 0 bridgehead atoms. The highest BCUT2D eigenvalue weighted by atomic mass is 16.5. The summed E-state index contributed by atoms with van der Waals surface area (Å²) < 4.78 is 5.34. The lowest BCUT2D eigenvalue weighted by Gasteiger charge is -2.20. The highest BCUT2D eigenvalue weighted by molar-refractivity contribution is 5.61. The second kappa shape index (κ2) is 4.54. The predicted molar refractivity (Wildman–Crippen MR) is 63.5 cm³/mol. The van der Waals surface area contributed by atoms with Crippen molar-refractivity contribution >= 4 is 5.69 Å². The topological polar surface area (TPSA) is 36.3 Å². The van der Waals surface area contributed by atoms with Gasteiger partial charge in [0, 0.05) is 20.2 Å². The number of nitrogens with zero attached hydrogens (tertiary/aromatic N) is 2. The Kier molecular flexibility index (Phi) is 3.12. The van der Waals surface area contributed by atoms with Gasteiger partial charge in [-0.05, 0) is 31.0 Å². The Morgan fingerprint density at radius 1 is 1.50 bits per heavy atom. The molecule has 0 N–H and O–H groups in total. The summed E-state index contributed by atoms with van der Waals surface area (Å²) in [4.78, 5) is 2.24. The van der Waals surface area contributed by atoms with Gasteiger partial charge in [-0.3, -0.25) is 0 Å². The van der Waals surface area contributed by atoms with Crippen LogP contribution in [0.3, 0.4) is 0 Å². The molecular weight excluding hydrogens is 200 g/mol. The van der Waals surface area contributed by atoms with E-state index in [-0.39, 0.29) is 0 Å². The SMILES string of the molecule is COC1CCN(c2cc(C)ccc2C#N)C1. The Hall–Kier alpha value is -1.53. The zero-order valence-electron chi connectivity index (χ0n) is 9.73. The van der Waals surface area contributed by atoms with Crippen molar-refractivity contribution in [3.05, 3.63) is 29.3 Å². The lowest BCUT2D eigenvalue weighted by atomic mass is 10.1. The molecule has 1 aromatic rings. The maximum Gasteiger partial charge on any atom is 0.101 e. The molecule has 1 aromatic carbocycles. The number of aryl methyl sites for hydroxylation is 1. The lowest BCUT2D eigenvalue weighted by molar-refractivity contribution is 0.121. The van der Waals surface area contributed by atoms with Crippen LogP contribution in [0.1, 0.15) is 17.5 Å². The van der Waals surface area contributed by atoms with Gasteiger partial charge in [0.1, 0.15) is 6.07 Å². The monoisotopic (exact) mass is 216 g/mol. The molecule has 0 amide bonds. The van der Waals surface area contributed by atoms with Gasteiger partial charge >= 0.3 is 0 Å². The summed E-state index contributed by atoms with van der Waals surface area (Å²) in [6, 6.07) is 8.20. The molecule has 0 spiro atoms. The van der Waals surface area contributed by atoms with E-state index in [1.165, 1.54) is 5.56 Å². The third kappa shape index (κ3) is 2.02. The van der Waals surface area contributed by atoms with Crippen LogP contribution < -0.4 is 4.90 Å². The van der Waals surface area contributed by atoms with E-state index in [1.54, 1.807) is 7.11 Å². The first kappa shape index (κ1) is 11.0. The molecule has 1 fully saturated rings. The van der Waals surface area contributed by atoms with E-state index in [1.807, 2.05) is 12.1 Å². The molecule has 1 aliphatic heterocycles. The molecule has 1 unspecified atom stereocenters. The van der Waals surface area contributed by atoms with Gasteiger partial charge in [0.25, 0.3) is 0 Å². The number of hydrogen-bond acceptors (Lipinski definition) is 3. The summed E-state index contributed by atoms with van der Waals surface area (Å²) in [7, 11) is 1.75. The van der Waals surface area contributed by atoms with E-state index in [0.717, 1.165) is 30.8 Å². The van der Waals surface area contributed by atoms with Gasteiger partial charge in [0.05, 0.1) is 17.4 Å². The molecule has 16 heavy (non-hydrogen) atoms. The van der Waals surface area contributed by atoms with Crippen LogP contribution in [0.2, 0.25) is 0 Å². The Morgan fingerprint density at radius 3 is 2.94 bits per heavy atom. The van der Waals surface area contributed by atoms with E-state index in [9.17, 15) is 0 Å². The Bertz CT molecular complexity index is 422. The minimum Gasteiger partial charge on any atom is -0.380 e. The quantitative estimate of drug-likeness (QED) is 0.759. The fourth-order valence-electron chi connectivity index (χ4n) is 2.14. The van der Waals surface area contributed by atoms with E-state index in [4.69, 9.17) is 10.00 Å². The molecule has 3 nitrogen and oxygen atoms in total. The van der Waals surface area contributed by atoms with Gasteiger partial charge in [-0.15, -0.1) is 0 Å². The number of methoxy groups -OCH3 is 1. The molecule has 3 heteroatoms. The Balaban J connectivity index is 2.27. The first-order chi connectivity index (χ1) is 7.74. The van der Waals surface area contributed by atoms with Crippen molar-refractivity contribution in [1.82, 2.24) is 0 Å². The van der Waals surface area contributed by atoms with Crippen molar-refractivity contribution in [3.8, 4) is 6.07 Å². The predicted octanol–water partition coefficient (Wildman–Crippen LogP) is 2.09. The average molecular weight is 216 g/mol. The minimum atomic E-state index is 0.298. The number of anilines is 1. The normalized spacial score (nSPS) is 19.8. The van der Waals surface area contributed by atoms with Crippen molar-refractivity contribution in [1.29, 1.82) is 5.26 Å². The van der Waals surface area contributed by atoms with E-state index < -0.39 is 0 Å². The van der Waals surface area contributed by atoms with Crippen LogP contribution in [0.4, 0.5) is 5.69 Å². The molecule has 1 heterocycles. The number of rotatable bonds is 2. The van der Waals surface area contributed by atoms with Gasteiger partial charge in [0.2, 0.25) is 0 Å². The minimum absolute atomic E-state index is 0.298. The second-order valence-corrected chi connectivity index (χ2v) is 4.22.